The van der Waals surface area contributed by atoms with Crippen LogP contribution in [-0.2, 0) is 19.6 Å². The van der Waals surface area contributed by atoms with Gasteiger partial charge in [0.15, 0.2) is 0 Å². The van der Waals surface area contributed by atoms with E-state index < -0.39 is 21.5 Å². The van der Waals surface area contributed by atoms with Crippen LogP contribution in [0, 0.1) is 11.3 Å². The molecular weight excluding hydrogens is 232 g/mol. The molecule has 92 valence electrons. The SMILES string of the molecule is CCOC(=O)CCS(=O)(=O)NC(C)(C)C#N. The van der Waals surface area contributed by atoms with Crippen molar-refractivity contribution < 1.29 is 17.9 Å². The van der Waals surface area contributed by atoms with Crippen molar-refractivity contribution >= 4 is 16.0 Å². The molecule has 6 nitrogen and oxygen atoms in total. The minimum absolute atomic E-state index is 0.218. The molecule has 0 unspecified atom stereocenters. The Bertz CT molecular complexity index is 381. The van der Waals surface area contributed by atoms with Crippen LogP contribution in [-0.4, -0.2) is 32.3 Å². The van der Waals surface area contributed by atoms with Crippen molar-refractivity contribution in [2.45, 2.75) is 32.7 Å². The number of ether oxygens (including phenoxy) is 1. The predicted molar refractivity (Wildman–Crippen MR) is 57.9 cm³/mol. The van der Waals surface area contributed by atoms with Crippen LogP contribution in [0.4, 0.5) is 0 Å². The molecule has 7 heteroatoms. The molecule has 0 aliphatic heterocycles. The standard InChI is InChI=1S/C9H16N2O4S/c1-4-15-8(12)5-6-16(13,14)11-9(2,3)7-10/h11H,4-6H2,1-3H3. The number of carbonyl (C=O) groups excluding carboxylic acids is 1. The molecule has 0 radical (unpaired) electrons. The minimum atomic E-state index is -3.64. The Hall–Kier alpha value is -1.13. The lowest BCUT2D eigenvalue weighted by atomic mass is 10.1. The molecule has 0 fully saturated rings. The topological polar surface area (TPSA) is 96.3 Å². The van der Waals surface area contributed by atoms with E-state index in [0.29, 0.717) is 0 Å². The second-order valence-corrected chi connectivity index (χ2v) is 5.55. The molecular formula is C9H16N2O4S. The molecule has 0 spiro atoms. The maximum atomic E-state index is 11.4. The number of esters is 1. The van der Waals surface area contributed by atoms with E-state index in [1.54, 1.807) is 13.0 Å². The molecule has 0 aliphatic rings. The summed E-state index contributed by atoms with van der Waals surface area (Å²) in [6.07, 6.45) is -0.218. The third-order valence-electron chi connectivity index (χ3n) is 1.57. The molecule has 0 saturated heterocycles. The summed E-state index contributed by atoms with van der Waals surface area (Å²) < 4.78 is 29.7. The molecule has 0 aromatic heterocycles. The zero-order valence-corrected chi connectivity index (χ0v) is 10.4. The number of sulfonamides is 1. The monoisotopic (exact) mass is 248 g/mol. The van der Waals surface area contributed by atoms with Gasteiger partial charge < -0.3 is 4.74 Å². The van der Waals surface area contributed by atoms with Gasteiger partial charge in [0.1, 0.15) is 5.54 Å². The van der Waals surface area contributed by atoms with Crippen LogP contribution in [0.5, 0.6) is 0 Å². The molecule has 0 bridgehead atoms. The van der Waals surface area contributed by atoms with E-state index in [4.69, 9.17) is 5.26 Å². The number of nitrogens with zero attached hydrogens (tertiary/aromatic N) is 1. The van der Waals surface area contributed by atoms with Gasteiger partial charge >= 0.3 is 5.97 Å². The summed E-state index contributed by atoms with van der Waals surface area (Å²) >= 11 is 0. The summed E-state index contributed by atoms with van der Waals surface area (Å²) in [5, 5.41) is 8.65. The third kappa shape index (κ3) is 6.37. The van der Waals surface area contributed by atoms with Gasteiger partial charge in [-0.2, -0.15) is 9.98 Å². The number of rotatable bonds is 6. The molecule has 0 aliphatic carbocycles. The highest BCUT2D eigenvalue weighted by Gasteiger charge is 2.24. The molecule has 0 aromatic rings. The van der Waals surface area contributed by atoms with Crippen molar-refractivity contribution in [3.05, 3.63) is 0 Å². The number of nitriles is 1. The molecule has 0 saturated carbocycles. The fourth-order valence-corrected chi connectivity index (χ4v) is 2.27. The second kappa shape index (κ2) is 5.82. The van der Waals surface area contributed by atoms with Gasteiger partial charge in [-0.15, -0.1) is 0 Å². The van der Waals surface area contributed by atoms with Gasteiger partial charge in [0.05, 0.1) is 24.8 Å². The lowest BCUT2D eigenvalue weighted by molar-refractivity contribution is -0.142. The zero-order valence-electron chi connectivity index (χ0n) is 9.61. The van der Waals surface area contributed by atoms with Crippen molar-refractivity contribution in [2.75, 3.05) is 12.4 Å². The van der Waals surface area contributed by atoms with E-state index in [2.05, 4.69) is 9.46 Å². The lowest BCUT2D eigenvalue weighted by Crippen LogP contribution is -2.43. The van der Waals surface area contributed by atoms with E-state index in [1.807, 2.05) is 0 Å². The molecule has 0 amide bonds. The Balaban J connectivity index is 4.29. The van der Waals surface area contributed by atoms with E-state index in [-0.39, 0.29) is 18.8 Å². The van der Waals surface area contributed by atoms with Crippen molar-refractivity contribution in [3.63, 3.8) is 0 Å². The summed E-state index contributed by atoms with van der Waals surface area (Å²) in [5.74, 6) is -0.945. The largest absolute Gasteiger partial charge is 0.466 e. The number of hydrogen-bond donors (Lipinski definition) is 1. The molecule has 0 aromatic carbocycles. The quantitative estimate of drug-likeness (QED) is 0.675. The highest BCUT2D eigenvalue weighted by atomic mass is 32.2. The molecule has 0 rings (SSSR count). The van der Waals surface area contributed by atoms with E-state index in [0.717, 1.165) is 0 Å². The highest BCUT2D eigenvalue weighted by molar-refractivity contribution is 7.89. The molecule has 0 atom stereocenters. The Morgan fingerprint density at radius 1 is 1.50 bits per heavy atom. The molecule has 0 heterocycles. The first kappa shape index (κ1) is 14.9. The fraction of sp³-hybridized carbons (Fsp3) is 0.778. The summed E-state index contributed by atoms with van der Waals surface area (Å²) in [6, 6.07) is 1.80. The van der Waals surface area contributed by atoms with E-state index in [1.165, 1.54) is 13.8 Å². The summed E-state index contributed by atoms with van der Waals surface area (Å²) in [7, 11) is -3.64. The normalized spacial score (nSPS) is 11.9. The van der Waals surface area contributed by atoms with E-state index in [9.17, 15) is 13.2 Å². The van der Waals surface area contributed by atoms with Crippen LogP contribution in [0.15, 0.2) is 0 Å². The Morgan fingerprint density at radius 3 is 2.50 bits per heavy atom. The Kier molecular flexibility index (Phi) is 5.41. The molecule has 1 N–H and O–H groups in total. The maximum Gasteiger partial charge on any atom is 0.306 e. The minimum Gasteiger partial charge on any atom is -0.466 e. The Morgan fingerprint density at radius 2 is 2.06 bits per heavy atom. The number of nitrogens with one attached hydrogen (secondary N) is 1. The average molecular weight is 248 g/mol. The van der Waals surface area contributed by atoms with Gasteiger partial charge in [-0.3, -0.25) is 4.79 Å². The first-order chi connectivity index (χ1) is 7.22. The van der Waals surface area contributed by atoms with Crippen LogP contribution >= 0.6 is 0 Å². The van der Waals surface area contributed by atoms with Gasteiger partial charge in [-0.05, 0) is 20.8 Å². The lowest BCUT2D eigenvalue weighted by Gasteiger charge is -2.17. The van der Waals surface area contributed by atoms with Gasteiger partial charge in [0.25, 0.3) is 0 Å². The zero-order chi connectivity index (χ0) is 12.8. The smallest absolute Gasteiger partial charge is 0.306 e. The van der Waals surface area contributed by atoms with Crippen LogP contribution in [0.2, 0.25) is 0 Å². The van der Waals surface area contributed by atoms with Crippen molar-refractivity contribution in [1.82, 2.24) is 4.72 Å². The van der Waals surface area contributed by atoms with Gasteiger partial charge in [0, 0.05) is 0 Å². The molecule has 16 heavy (non-hydrogen) atoms. The van der Waals surface area contributed by atoms with Gasteiger partial charge in [-0.1, -0.05) is 0 Å². The average Bonchev–Trinajstić information content (AvgIpc) is 2.14. The van der Waals surface area contributed by atoms with Crippen molar-refractivity contribution in [3.8, 4) is 6.07 Å². The van der Waals surface area contributed by atoms with Crippen molar-refractivity contribution in [1.29, 1.82) is 5.26 Å². The highest BCUT2D eigenvalue weighted by Crippen LogP contribution is 2.03. The number of carbonyl (C=O) groups is 1. The second-order valence-electron chi connectivity index (χ2n) is 3.71. The predicted octanol–water partition coefficient (Wildman–Crippen LogP) is 0.161. The number of hydrogen-bond acceptors (Lipinski definition) is 5. The van der Waals surface area contributed by atoms with Gasteiger partial charge in [-0.25, -0.2) is 8.42 Å². The first-order valence-electron chi connectivity index (χ1n) is 4.81. The summed E-state index contributed by atoms with van der Waals surface area (Å²) in [6.45, 7) is 4.74. The summed E-state index contributed by atoms with van der Waals surface area (Å²) in [5.41, 5.74) is -1.17. The van der Waals surface area contributed by atoms with Crippen LogP contribution < -0.4 is 4.72 Å². The first-order valence-corrected chi connectivity index (χ1v) is 6.46. The van der Waals surface area contributed by atoms with Crippen LogP contribution in [0.1, 0.15) is 27.2 Å². The van der Waals surface area contributed by atoms with Crippen molar-refractivity contribution in [2.24, 2.45) is 0 Å². The Labute approximate surface area is 95.6 Å². The maximum absolute atomic E-state index is 11.4. The van der Waals surface area contributed by atoms with E-state index >= 15 is 0 Å². The summed E-state index contributed by atoms with van der Waals surface area (Å²) in [4.78, 5) is 10.9. The van der Waals surface area contributed by atoms with Crippen LogP contribution in [0.3, 0.4) is 0 Å². The van der Waals surface area contributed by atoms with Crippen LogP contribution in [0.25, 0.3) is 0 Å². The van der Waals surface area contributed by atoms with Gasteiger partial charge in [0.2, 0.25) is 10.0 Å². The fourth-order valence-electron chi connectivity index (χ4n) is 0.913. The third-order valence-corrected chi connectivity index (χ3v) is 3.13.